The number of carbonyl (C=O) groups is 1. The van der Waals surface area contributed by atoms with E-state index in [1.807, 2.05) is 0 Å². The Kier molecular flexibility index (Phi) is 3.56. The largest absolute Gasteiger partial charge is 0.508 e. The summed E-state index contributed by atoms with van der Waals surface area (Å²) in [6.07, 6.45) is 0.0486. The molecular weight excluding hydrogens is 244 g/mol. The van der Waals surface area contributed by atoms with Crippen LogP contribution in [0.2, 0.25) is 0 Å². The van der Waals surface area contributed by atoms with E-state index in [1.54, 1.807) is 18.2 Å². The Bertz CT molecular complexity index is 611. The minimum absolute atomic E-state index is 0.0382. The summed E-state index contributed by atoms with van der Waals surface area (Å²) in [7, 11) is 0. The molecule has 0 aliphatic heterocycles. The van der Waals surface area contributed by atoms with Gasteiger partial charge in [0.1, 0.15) is 11.5 Å². The molecule has 0 saturated heterocycles. The molecule has 0 spiro atoms. The zero-order valence-corrected chi connectivity index (χ0v) is 10.1. The smallest absolute Gasteiger partial charge is 0.228 e. The van der Waals surface area contributed by atoms with Crippen LogP contribution in [0, 0.1) is 0 Å². The van der Waals surface area contributed by atoms with Crippen molar-refractivity contribution in [1.29, 1.82) is 0 Å². The van der Waals surface area contributed by atoms with Crippen molar-refractivity contribution in [1.82, 2.24) is 0 Å². The van der Waals surface area contributed by atoms with Gasteiger partial charge in [-0.2, -0.15) is 0 Å². The highest BCUT2D eigenvalue weighted by atomic mass is 16.3. The minimum Gasteiger partial charge on any atom is -0.508 e. The van der Waals surface area contributed by atoms with Crippen LogP contribution in [-0.2, 0) is 11.2 Å². The molecule has 0 saturated carbocycles. The number of para-hydroxylation sites is 1. The van der Waals surface area contributed by atoms with Gasteiger partial charge in [0.25, 0.3) is 0 Å². The van der Waals surface area contributed by atoms with Crippen LogP contribution in [0.25, 0.3) is 0 Å². The van der Waals surface area contributed by atoms with Crippen molar-refractivity contribution in [3.63, 3.8) is 0 Å². The molecule has 98 valence electrons. The number of amides is 1. The number of hydrogen-bond donors (Lipinski definition) is 4. The molecule has 0 radical (unpaired) electrons. The van der Waals surface area contributed by atoms with Crippen LogP contribution in [0.4, 0.5) is 11.4 Å². The van der Waals surface area contributed by atoms with Crippen LogP contribution in [0.3, 0.4) is 0 Å². The van der Waals surface area contributed by atoms with Crippen LogP contribution in [0.5, 0.6) is 11.5 Å². The van der Waals surface area contributed by atoms with Gasteiger partial charge in [0, 0.05) is 11.6 Å². The molecule has 0 heterocycles. The van der Waals surface area contributed by atoms with Crippen molar-refractivity contribution in [3.8, 4) is 11.5 Å². The average molecular weight is 258 g/mol. The molecule has 0 aliphatic rings. The number of phenolic OH excluding ortho intramolecular Hbond substituents is 2. The number of aromatic hydroxyl groups is 2. The Hall–Kier alpha value is -2.69. The minimum atomic E-state index is -0.293. The van der Waals surface area contributed by atoms with Gasteiger partial charge in [-0.15, -0.1) is 0 Å². The number of phenols is 2. The Morgan fingerprint density at radius 1 is 1.16 bits per heavy atom. The van der Waals surface area contributed by atoms with E-state index in [1.165, 1.54) is 24.3 Å². The van der Waals surface area contributed by atoms with Crippen LogP contribution >= 0.6 is 0 Å². The average Bonchev–Trinajstić information content (AvgIpc) is 2.36. The SMILES string of the molecule is Nc1cc(O)ccc1NC(=O)Cc1ccccc1O. The molecule has 5 nitrogen and oxygen atoms in total. The van der Waals surface area contributed by atoms with Gasteiger partial charge in [-0.3, -0.25) is 4.79 Å². The Morgan fingerprint density at radius 2 is 1.89 bits per heavy atom. The number of anilines is 2. The lowest BCUT2D eigenvalue weighted by Crippen LogP contribution is -2.15. The fraction of sp³-hybridized carbons (Fsp3) is 0.0714. The van der Waals surface area contributed by atoms with Gasteiger partial charge in [-0.05, 0) is 18.2 Å². The van der Waals surface area contributed by atoms with E-state index >= 15 is 0 Å². The van der Waals surface area contributed by atoms with Gasteiger partial charge in [-0.1, -0.05) is 18.2 Å². The summed E-state index contributed by atoms with van der Waals surface area (Å²) in [6.45, 7) is 0. The van der Waals surface area contributed by atoms with E-state index in [0.29, 0.717) is 11.3 Å². The molecule has 0 unspecified atom stereocenters. The third kappa shape index (κ3) is 3.16. The highest BCUT2D eigenvalue weighted by molar-refractivity contribution is 5.95. The summed E-state index contributed by atoms with van der Waals surface area (Å²) < 4.78 is 0. The van der Waals surface area contributed by atoms with Gasteiger partial charge in [0.15, 0.2) is 0 Å². The quantitative estimate of drug-likeness (QED) is 0.499. The summed E-state index contributed by atoms with van der Waals surface area (Å²) in [5.41, 5.74) is 6.92. The van der Waals surface area contributed by atoms with E-state index in [0.717, 1.165) is 0 Å². The number of rotatable bonds is 3. The van der Waals surface area contributed by atoms with Gasteiger partial charge < -0.3 is 21.3 Å². The molecule has 2 aromatic rings. The number of carbonyl (C=O) groups excluding carboxylic acids is 1. The lowest BCUT2D eigenvalue weighted by molar-refractivity contribution is -0.115. The van der Waals surface area contributed by atoms with Crippen LogP contribution in [0.1, 0.15) is 5.56 Å². The lowest BCUT2D eigenvalue weighted by Gasteiger charge is -2.09. The second-order valence-electron chi connectivity index (χ2n) is 4.13. The third-order valence-electron chi connectivity index (χ3n) is 2.65. The number of nitrogens with two attached hydrogens (primary N) is 1. The molecule has 2 aromatic carbocycles. The highest BCUT2D eigenvalue weighted by Crippen LogP contribution is 2.24. The normalized spacial score (nSPS) is 10.1. The van der Waals surface area contributed by atoms with Crippen molar-refractivity contribution in [2.45, 2.75) is 6.42 Å². The summed E-state index contributed by atoms with van der Waals surface area (Å²) in [4.78, 5) is 11.8. The molecule has 0 fully saturated rings. The number of nitrogen functional groups attached to an aromatic ring is 1. The molecule has 0 aliphatic carbocycles. The molecule has 0 atom stereocenters. The zero-order chi connectivity index (χ0) is 13.8. The lowest BCUT2D eigenvalue weighted by atomic mass is 10.1. The Balaban J connectivity index is 2.08. The zero-order valence-electron chi connectivity index (χ0n) is 10.1. The second kappa shape index (κ2) is 5.30. The van der Waals surface area contributed by atoms with Crippen molar-refractivity contribution in [3.05, 3.63) is 48.0 Å². The Labute approximate surface area is 110 Å². The van der Waals surface area contributed by atoms with Crippen molar-refractivity contribution < 1.29 is 15.0 Å². The first kappa shape index (κ1) is 12.8. The predicted octanol–water partition coefficient (Wildman–Crippen LogP) is 1.86. The first-order valence-electron chi connectivity index (χ1n) is 5.71. The first-order chi connectivity index (χ1) is 9.06. The van der Waals surface area contributed by atoms with Crippen LogP contribution < -0.4 is 11.1 Å². The maximum absolute atomic E-state index is 11.8. The topological polar surface area (TPSA) is 95.6 Å². The van der Waals surface area contributed by atoms with E-state index in [4.69, 9.17) is 5.73 Å². The second-order valence-corrected chi connectivity index (χ2v) is 4.13. The van der Waals surface area contributed by atoms with Gasteiger partial charge in [0.05, 0.1) is 17.8 Å². The fourth-order valence-corrected chi connectivity index (χ4v) is 1.69. The maximum atomic E-state index is 11.8. The van der Waals surface area contributed by atoms with E-state index in [9.17, 15) is 15.0 Å². The number of benzene rings is 2. The molecular formula is C14H14N2O3. The van der Waals surface area contributed by atoms with Crippen LogP contribution in [0.15, 0.2) is 42.5 Å². The highest BCUT2D eigenvalue weighted by Gasteiger charge is 2.09. The van der Waals surface area contributed by atoms with Gasteiger partial charge in [-0.25, -0.2) is 0 Å². The number of nitrogens with one attached hydrogen (secondary N) is 1. The van der Waals surface area contributed by atoms with E-state index < -0.39 is 0 Å². The van der Waals surface area contributed by atoms with E-state index in [2.05, 4.69) is 5.32 Å². The molecule has 19 heavy (non-hydrogen) atoms. The van der Waals surface area contributed by atoms with Crippen molar-refractivity contribution >= 4 is 17.3 Å². The number of hydrogen-bond acceptors (Lipinski definition) is 4. The maximum Gasteiger partial charge on any atom is 0.228 e. The summed E-state index contributed by atoms with van der Waals surface area (Å²) >= 11 is 0. The monoisotopic (exact) mass is 258 g/mol. The molecule has 0 bridgehead atoms. The van der Waals surface area contributed by atoms with Crippen molar-refractivity contribution in [2.75, 3.05) is 11.1 Å². The van der Waals surface area contributed by atoms with Crippen molar-refractivity contribution in [2.24, 2.45) is 0 Å². The standard InChI is InChI=1S/C14H14N2O3/c15-11-8-10(17)5-6-12(11)16-14(19)7-9-3-1-2-4-13(9)18/h1-6,8,17-18H,7,15H2,(H,16,19). The summed E-state index contributed by atoms with van der Waals surface area (Å²) in [5.74, 6) is -0.175. The Morgan fingerprint density at radius 3 is 2.58 bits per heavy atom. The third-order valence-corrected chi connectivity index (χ3v) is 2.65. The van der Waals surface area contributed by atoms with Crippen LogP contribution in [-0.4, -0.2) is 16.1 Å². The van der Waals surface area contributed by atoms with Gasteiger partial charge >= 0.3 is 0 Å². The fourth-order valence-electron chi connectivity index (χ4n) is 1.69. The molecule has 2 rings (SSSR count). The van der Waals surface area contributed by atoms with E-state index in [-0.39, 0.29) is 29.5 Å². The summed E-state index contributed by atoms with van der Waals surface area (Å²) in [5, 5.41) is 21.4. The predicted molar refractivity (Wildman–Crippen MR) is 73.0 cm³/mol. The van der Waals surface area contributed by atoms with Gasteiger partial charge in [0.2, 0.25) is 5.91 Å². The molecule has 1 amide bonds. The first-order valence-corrected chi connectivity index (χ1v) is 5.71. The summed E-state index contributed by atoms with van der Waals surface area (Å²) in [6, 6.07) is 11.0. The molecule has 5 N–H and O–H groups in total. The molecule has 0 aromatic heterocycles. The molecule has 5 heteroatoms.